The first kappa shape index (κ1) is 16.1. The minimum Gasteiger partial charge on any atom is -0.378 e. The lowest BCUT2D eigenvalue weighted by molar-refractivity contribution is 0.180. The van der Waals surface area contributed by atoms with Gasteiger partial charge in [-0.3, -0.25) is 0 Å². The maximum Gasteiger partial charge on any atom is 0.145 e. The van der Waals surface area contributed by atoms with Crippen molar-refractivity contribution in [2.75, 3.05) is 19.5 Å². The third-order valence-corrected chi connectivity index (χ3v) is 3.99. The molecule has 2 rings (SSSR count). The van der Waals surface area contributed by atoms with E-state index < -0.39 is 5.82 Å². The minimum absolute atomic E-state index is 0.0931. The van der Waals surface area contributed by atoms with E-state index in [9.17, 15) is 4.39 Å². The van der Waals surface area contributed by atoms with Crippen LogP contribution < -0.4 is 5.32 Å². The van der Waals surface area contributed by atoms with E-state index in [0.717, 1.165) is 4.47 Å². The van der Waals surface area contributed by atoms with Gasteiger partial charge in [0.2, 0.25) is 0 Å². The Morgan fingerprint density at radius 2 is 2.14 bits per heavy atom. The second kappa shape index (κ2) is 7.15. The highest BCUT2D eigenvalue weighted by Gasteiger charge is 2.14. The molecule has 7 heteroatoms. The molecule has 0 saturated heterocycles. The quantitative estimate of drug-likeness (QED) is 0.864. The SMILES string of the molecule is CNc1nc(Cc2cccc(Cl)c2F)nc(COC)c1Br. The van der Waals surface area contributed by atoms with Crippen molar-refractivity contribution in [1.82, 2.24) is 9.97 Å². The Hall–Kier alpha value is -1.24. The number of ether oxygens (including phenoxy) is 1. The normalized spacial score (nSPS) is 10.7. The molecular formula is C14H14BrClFN3O. The number of aromatic nitrogens is 2. The summed E-state index contributed by atoms with van der Waals surface area (Å²) < 4.78 is 19.8. The van der Waals surface area contributed by atoms with Gasteiger partial charge in [-0.1, -0.05) is 23.7 Å². The highest BCUT2D eigenvalue weighted by atomic mass is 79.9. The van der Waals surface area contributed by atoms with E-state index in [-0.39, 0.29) is 11.4 Å². The number of nitrogens with one attached hydrogen (secondary N) is 1. The highest BCUT2D eigenvalue weighted by molar-refractivity contribution is 9.10. The summed E-state index contributed by atoms with van der Waals surface area (Å²) in [6.07, 6.45) is 0.255. The lowest BCUT2D eigenvalue weighted by Gasteiger charge is -2.11. The molecular weight excluding hydrogens is 361 g/mol. The monoisotopic (exact) mass is 373 g/mol. The number of nitrogens with zero attached hydrogens (tertiary/aromatic N) is 2. The van der Waals surface area contributed by atoms with Crippen molar-refractivity contribution in [3.8, 4) is 0 Å². The van der Waals surface area contributed by atoms with Crippen LogP contribution in [0, 0.1) is 5.82 Å². The Morgan fingerprint density at radius 1 is 1.38 bits per heavy atom. The predicted molar refractivity (Wildman–Crippen MR) is 84.2 cm³/mol. The first-order valence-corrected chi connectivity index (χ1v) is 7.38. The molecule has 0 amide bonds. The Bertz CT molecular complexity index is 654. The second-order valence-electron chi connectivity index (χ2n) is 4.32. The van der Waals surface area contributed by atoms with Gasteiger partial charge in [-0.05, 0) is 27.6 Å². The average Bonchev–Trinajstić information content (AvgIpc) is 2.47. The Balaban J connectivity index is 2.39. The van der Waals surface area contributed by atoms with Crippen LogP contribution in [0.25, 0.3) is 0 Å². The van der Waals surface area contributed by atoms with Crippen LogP contribution in [0.15, 0.2) is 22.7 Å². The molecule has 112 valence electrons. The van der Waals surface area contributed by atoms with Crippen molar-refractivity contribution in [2.24, 2.45) is 0 Å². The van der Waals surface area contributed by atoms with E-state index in [1.807, 2.05) is 0 Å². The molecule has 0 aliphatic heterocycles. The summed E-state index contributed by atoms with van der Waals surface area (Å²) in [5, 5.41) is 3.07. The molecule has 0 fully saturated rings. The van der Waals surface area contributed by atoms with E-state index in [1.165, 1.54) is 6.07 Å². The lowest BCUT2D eigenvalue weighted by Crippen LogP contribution is -2.08. The number of rotatable bonds is 5. The molecule has 0 bridgehead atoms. The van der Waals surface area contributed by atoms with E-state index >= 15 is 0 Å². The van der Waals surface area contributed by atoms with Gasteiger partial charge in [-0.2, -0.15) is 0 Å². The van der Waals surface area contributed by atoms with Gasteiger partial charge in [-0.15, -0.1) is 0 Å². The number of anilines is 1. The summed E-state index contributed by atoms with van der Waals surface area (Å²) in [6.45, 7) is 0.336. The first-order valence-electron chi connectivity index (χ1n) is 6.21. The van der Waals surface area contributed by atoms with Crippen molar-refractivity contribution < 1.29 is 9.13 Å². The summed E-state index contributed by atoms with van der Waals surface area (Å²) in [5.41, 5.74) is 1.16. The fraction of sp³-hybridized carbons (Fsp3) is 0.286. The predicted octanol–water partition coefficient (Wildman–Crippen LogP) is 3.81. The zero-order valence-corrected chi connectivity index (χ0v) is 13.9. The lowest BCUT2D eigenvalue weighted by atomic mass is 10.1. The van der Waals surface area contributed by atoms with Crippen LogP contribution in [-0.4, -0.2) is 24.1 Å². The molecule has 0 saturated carbocycles. The van der Waals surface area contributed by atoms with Crippen molar-refractivity contribution >= 4 is 33.3 Å². The van der Waals surface area contributed by atoms with Gasteiger partial charge < -0.3 is 10.1 Å². The van der Waals surface area contributed by atoms with Crippen LogP contribution in [0.1, 0.15) is 17.1 Å². The van der Waals surface area contributed by atoms with Crippen molar-refractivity contribution in [3.05, 3.63) is 50.6 Å². The maximum absolute atomic E-state index is 14.0. The van der Waals surface area contributed by atoms with Crippen LogP contribution in [-0.2, 0) is 17.8 Å². The molecule has 0 aliphatic rings. The summed E-state index contributed by atoms with van der Waals surface area (Å²) >= 11 is 9.21. The van der Waals surface area contributed by atoms with Gasteiger partial charge >= 0.3 is 0 Å². The van der Waals surface area contributed by atoms with Gasteiger partial charge in [0.05, 0.1) is 21.8 Å². The summed E-state index contributed by atoms with van der Waals surface area (Å²) in [6, 6.07) is 4.88. The molecule has 1 N–H and O–H groups in total. The summed E-state index contributed by atoms with van der Waals surface area (Å²) in [7, 11) is 3.34. The zero-order chi connectivity index (χ0) is 15.4. The van der Waals surface area contributed by atoms with Crippen molar-refractivity contribution in [3.63, 3.8) is 0 Å². The molecule has 1 heterocycles. The highest BCUT2D eigenvalue weighted by Crippen LogP contribution is 2.25. The summed E-state index contributed by atoms with van der Waals surface area (Å²) in [4.78, 5) is 8.77. The minimum atomic E-state index is -0.440. The molecule has 0 aliphatic carbocycles. The van der Waals surface area contributed by atoms with E-state index in [0.29, 0.717) is 29.5 Å². The third-order valence-electron chi connectivity index (χ3n) is 2.86. The smallest absolute Gasteiger partial charge is 0.145 e. The molecule has 1 aromatic carbocycles. The number of methoxy groups -OCH3 is 1. The largest absolute Gasteiger partial charge is 0.378 e. The molecule has 0 spiro atoms. The average molecular weight is 375 g/mol. The number of halogens is 3. The van der Waals surface area contributed by atoms with Crippen molar-refractivity contribution in [2.45, 2.75) is 13.0 Å². The molecule has 4 nitrogen and oxygen atoms in total. The molecule has 0 radical (unpaired) electrons. The zero-order valence-electron chi connectivity index (χ0n) is 11.6. The molecule has 2 aromatic rings. The van der Waals surface area contributed by atoms with Gasteiger partial charge in [0.15, 0.2) is 0 Å². The number of hydrogen-bond acceptors (Lipinski definition) is 4. The van der Waals surface area contributed by atoms with Crippen molar-refractivity contribution in [1.29, 1.82) is 0 Å². The van der Waals surface area contributed by atoms with E-state index in [2.05, 4.69) is 31.2 Å². The first-order chi connectivity index (χ1) is 10.1. The van der Waals surface area contributed by atoms with Crippen LogP contribution in [0.3, 0.4) is 0 Å². The Labute approximate surface area is 135 Å². The Morgan fingerprint density at radius 3 is 2.81 bits per heavy atom. The standard InChI is InChI=1S/C14H14BrClFN3O/c1-18-14-12(15)10(7-21-2)19-11(20-14)6-8-4-3-5-9(16)13(8)17/h3-5H,6-7H2,1-2H3,(H,18,19,20). The topological polar surface area (TPSA) is 47.0 Å². The van der Waals surface area contributed by atoms with Crippen LogP contribution >= 0.6 is 27.5 Å². The number of hydrogen-bond donors (Lipinski definition) is 1. The fourth-order valence-corrected chi connectivity index (χ4v) is 2.56. The van der Waals surface area contributed by atoms with Gasteiger partial charge in [0.25, 0.3) is 0 Å². The van der Waals surface area contributed by atoms with Gasteiger partial charge in [0.1, 0.15) is 17.5 Å². The maximum atomic E-state index is 14.0. The summed E-state index contributed by atoms with van der Waals surface area (Å²) in [5.74, 6) is 0.690. The fourth-order valence-electron chi connectivity index (χ4n) is 1.88. The van der Waals surface area contributed by atoms with Gasteiger partial charge in [0, 0.05) is 20.6 Å². The Kier molecular flexibility index (Phi) is 5.50. The molecule has 21 heavy (non-hydrogen) atoms. The second-order valence-corrected chi connectivity index (χ2v) is 5.52. The van der Waals surface area contributed by atoms with E-state index in [4.69, 9.17) is 16.3 Å². The molecule has 0 unspecified atom stereocenters. The van der Waals surface area contributed by atoms with Gasteiger partial charge in [-0.25, -0.2) is 14.4 Å². The van der Waals surface area contributed by atoms with Crippen LogP contribution in [0.2, 0.25) is 5.02 Å². The van der Waals surface area contributed by atoms with E-state index in [1.54, 1.807) is 26.3 Å². The molecule has 0 atom stereocenters. The third kappa shape index (κ3) is 3.70. The van der Waals surface area contributed by atoms with Crippen LogP contribution in [0.4, 0.5) is 10.2 Å². The number of benzene rings is 1. The van der Waals surface area contributed by atoms with Crippen LogP contribution in [0.5, 0.6) is 0 Å². The molecule has 1 aromatic heterocycles.